The van der Waals surface area contributed by atoms with Crippen LogP contribution in [-0.2, 0) is 0 Å². The molecule has 1 nitrogen and oxygen atoms in total. The Labute approximate surface area is 37.3 Å². The molecule has 2 aliphatic heterocycles. The zero-order valence-electron chi connectivity index (χ0n) is 3.81. The Hall–Kier alpha value is -0.460. The van der Waals surface area contributed by atoms with Gasteiger partial charge >= 0.3 is 0 Å². The lowest BCUT2D eigenvalue weighted by molar-refractivity contribution is 0.180. The van der Waals surface area contributed by atoms with Gasteiger partial charge in [-0.05, 0) is 6.08 Å². The molecule has 0 amide bonds. The highest BCUT2D eigenvalue weighted by atomic mass is 15.2. The summed E-state index contributed by atoms with van der Waals surface area (Å²) in [5, 5.41) is 0. The van der Waals surface area contributed by atoms with E-state index in [0.717, 1.165) is 6.04 Å². The van der Waals surface area contributed by atoms with Gasteiger partial charge < -0.3 is 4.90 Å². The first-order chi connectivity index (χ1) is 2.88. The lowest BCUT2D eigenvalue weighted by Gasteiger charge is -2.50. The quantitative estimate of drug-likeness (QED) is 0.412. The Morgan fingerprint density at radius 1 is 2.00 bits per heavy atom. The van der Waals surface area contributed by atoms with Crippen molar-refractivity contribution in [3.05, 3.63) is 11.8 Å². The van der Waals surface area contributed by atoms with Gasteiger partial charge in [0.1, 0.15) is 0 Å². The average Bonchev–Trinajstić information content (AvgIpc) is 1.28. The van der Waals surface area contributed by atoms with Gasteiger partial charge in [-0.3, -0.25) is 0 Å². The van der Waals surface area contributed by atoms with Crippen LogP contribution in [0, 0.1) is 0 Å². The first-order valence-electron chi connectivity index (χ1n) is 2.31. The third-order valence-electron chi connectivity index (χ3n) is 1.75. The normalized spacial score (nSPS) is 37.2. The van der Waals surface area contributed by atoms with Crippen molar-refractivity contribution in [2.24, 2.45) is 0 Å². The smallest absolute Gasteiger partial charge is 0.0540 e. The van der Waals surface area contributed by atoms with E-state index in [4.69, 9.17) is 0 Å². The summed E-state index contributed by atoms with van der Waals surface area (Å²) < 4.78 is 0. The maximum absolute atomic E-state index is 2.31. The summed E-state index contributed by atoms with van der Waals surface area (Å²) in [6, 6.07) is 0.847. The molecule has 0 N–H and O–H groups in total. The van der Waals surface area contributed by atoms with Crippen molar-refractivity contribution in [1.29, 1.82) is 0 Å². The summed E-state index contributed by atoms with van der Waals surface area (Å²) in [7, 11) is 2.14. The zero-order valence-corrected chi connectivity index (χ0v) is 3.81. The fourth-order valence-electron chi connectivity index (χ4n) is 0.932. The van der Waals surface area contributed by atoms with Crippen LogP contribution >= 0.6 is 0 Å². The van der Waals surface area contributed by atoms with Crippen LogP contribution in [0.1, 0.15) is 6.42 Å². The molecule has 1 atom stereocenters. The van der Waals surface area contributed by atoms with Crippen LogP contribution in [0.3, 0.4) is 0 Å². The molecule has 1 aliphatic carbocycles. The number of hydrogen-bond acceptors (Lipinski definition) is 1. The fourth-order valence-corrected chi connectivity index (χ4v) is 0.932. The summed E-state index contributed by atoms with van der Waals surface area (Å²) in [5.74, 6) is 0. The van der Waals surface area contributed by atoms with E-state index in [-0.39, 0.29) is 0 Å². The molecule has 0 aromatic heterocycles. The topological polar surface area (TPSA) is 3.24 Å². The molecule has 6 heavy (non-hydrogen) atoms. The summed E-state index contributed by atoms with van der Waals surface area (Å²) in [6.45, 7) is 0. The lowest BCUT2D eigenvalue weighted by atomic mass is 9.86. The van der Waals surface area contributed by atoms with Crippen LogP contribution in [-0.4, -0.2) is 18.0 Å². The summed E-state index contributed by atoms with van der Waals surface area (Å²) >= 11 is 0. The van der Waals surface area contributed by atoms with Crippen molar-refractivity contribution in [3.8, 4) is 0 Å². The van der Waals surface area contributed by atoms with Crippen LogP contribution in [0.25, 0.3) is 0 Å². The predicted octanol–water partition coefficient (Wildman–Crippen LogP) is 0.588. The maximum Gasteiger partial charge on any atom is 0.0540 e. The highest BCUT2D eigenvalue weighted by molar-refractivity contribution is 5.32. The first-order valence-corrected chi connectivity index (χ1v) is 2.31. The molecule has 2 heterocycles. The highest BCUT2D eigenvalue weighted by Crippen LogP contribution is 2.39. The Bertz CT molecular complexity index is 115. The molecule has 1 saturated heterocycles. The molecule has 1 unspecified atom stereocenters. The first kappa shape index (κ1) is 2.67. The van der Waals surface area contributed by atoms with Gasteiger partial charge in [-0.25, -0.2) is 0 Å². The lowest BCUT2D eigenvalue weighted by Crippen LogP contribution is -2.50. The molecule has 3 aliphatic rings. The number of nitrogens with zero attached hydrogens (tertiary/aromatic N) is 1. The SMILES string of the molecule is CN1C2=CC1C2. The standard InChI is InChI=1S/C5H7N/c1-6-4-2-5(6)3-4/h2,4H,3H2,1H3. The molecule has 32 valence electrons. The molecular weight excluding hydrogens is 74.1 g/mol. The molecule has 0 radical (unpaired) electrons. The Balaban J connectivity index is 2.36. The number of hydrogen-bond donors (Lipinski definition) is 0. The second-order valence-corrected chi connectivity index (χ2v) is 2.04. The molecule has 0 aromatic rings. The molecule has 3 rings (SSSR count). The van der Waals surface area contributed by atoms with Gasteiger partial charge in [-0.1, -0.05) is 0 Å². The van der Waals surface area contributed by atoms with Crippen LogP contribution in [0.15, 0.2) is 11.8 Å². The van der Waals surface area contributed by atoms with Crippen LogP contribution in [0.2, 0.25) is 0 Å². The Morgan fingerprint density at radius 3 is 2.33 bits per heavy atom. The van der Waals surface area contributed by atoms with Crippen molar-refractivity contribution in [2.45, 2.75) is 12.5 Å². The third kappa shape index (κ3) is 0.0946. The molecule has 1 heteroatoms. The van der Waals surface area contributed by atoms with Gasteiger partial charge in [-0.2, -0.15) is 0 Å². The highest BCUT2D eigenvalue weighted by Gasteiger charge is 2.36. The van der Waals surface area contributed by atoms with E-state index < -0.39 is 0 Å². The summed E-state index contributed by atoms with van der Waals surface area (Å²) in [4.78, 5) is 2.31. The molecule has 0 spiro atoms. The Kier molecular flexibility index (Phi) is 0.228. The monoisotopic (exact) mass is 81.1 g/mol. The van der Waals surface area contributed by atoms with E-state index in [1.807, 2.05) is 0 Å². The number of likely N-dealkylation sites (N-methyl/N-ethyl adjacent to an activating group) is 1. The molecule has 0 aromatic carbocycles. The van der Waals surface area contributed by atoms with Crippen molar-refractivity contribution in [2.75, 3.05) is 7.05 Å². The third-order valence-corrected chi connectivity index (χ3v) is 1.75. The Morgan fingerprint density at radius 2 is 2.33 bits per heavy atom. The summed E-state index contributed by atoms with van der Waals surface area (Å²) in [5.41, 5.74) is 1.54. The van der Waals surface area contributed by atoms with Gasteiger partial charge in [0.25, 0.3) is 0 Å². The van der Waals surface area contributed by atoms with Gasteiger partial charge in [0.05, 0.1) is 6.04 Å². The second kappa shape index (κ2) is 0.512. The molecular formula is C5H7N. The maximum atomic E-state index is 2.31. The van der Waals surface area contributed by atoms with E-state index in [1.54, 1.807) is 5.70 Å². The van der Waals surface area contributed by atoms with Crippen molar-refractivity contribution >= 4 is 0 Å². The minimum atomic E-state index is 0.847. The minimum Gasteiger partial charge on any atom is -0.371 e. The molecule has 0 saturated carbocycles. The predicted molar refractivity (Wildman–Crippen MR) is 24.3 cm³/mol. The van der Waals surface area contributed by atoms with E-state index in [0.29, 0.717) is 0 Å². The zero-order chi connectivity index (χ0) is 4.15. The van der Waals surface area contributed by atoms with Gasteiger partial charge in [0.2, 0.25) is 0 Å². The van der Waals surface area contributed by atoms with Crippen molar-refractivity contribution < 1.29 is 0 Å². The van der Waals surface area contributed by atoms with E-state index in [9.17, 15) is 0 Å². The van der Waals surface area contributed by atoms with E-state index in [1.165, 1.54) is 6.42 Å². The van der Waals surface area contributed by atoms with Gasteiger partial charge in [0, 0.05) is 19.2 Å². The summed E-state index contributed by atoms with van der Waals surface area (Å²) in [6.07, 6.45) is 3.66. The van der Waals surface area contributed by atoms with Crippen LogP contribution in [0.5, 0.6) is 0 Å². The van der Waals surface area contributed by atoms with E-state index in [2.05, 4.69) is 18.0 Å². The van der Waals surface area contributed by atoms with Crippen molar-refractivity contribution in [3.63, 3.8) is 0 Å². The second-order valence-electron chi connectivity index (χ2n) is 2.04. The van der Waals surface area contributed by atoms with Gasteiger partial charge in [-0.15, -0.1) is 0 Å². The molecule has 2 bridgehead atoms. The van der Waals surface area contributed by atoms with Crippen molar-refractivity contribution in [1.82, 2.24) is 4.90 Å². The minimum absolute atomic E-state index is 0.847. The fraction of sp³-hybridized carbons (Fsp3) is 0.600. The van der Waals surface area contributed by atoms with Gasteiger partial charge in [0.15, 0.2) is 0 Å². The molecule has 1 fully saturated rings. The largest absolute Gasteiger partial charge is 0.371 e. The van der Waals surface area contributed by atoms with Crippen LogP contribution < -0.4 is 0 Å². The number of rotatable bonds is 0. The van der Waals surface area contributed by atoms with E-state index >= 15 is 0 Å². The van der Waals surface area contributed by atoms with Crippen LogP contribution in [0.4, 0.5) is 0 Å². The average molecular weight is 81.1 g/mol.